The van der Waals surface area contributed by atoms with Gasteiger partial charge in [0.05, 0.1) is 23.2 Å². The highest BCUT2D eigenvalue weighted by Gasteiger charge is 2.36. The number of nitrogens with one attached hydrogen (secondary N) is 1. The third-order valence-electron chi connectivity index (χ3n) is 4.71. The molecule has 4 heterocycles. The Hall–Kier alpha value is -3.21. The Morgan fingerprint density at radius 1 is 1.31 bits per heavy atom. The van der Waals surface area contributed by atoms with Crippen LogP contribution >= 0.6 is 11.3 Å². The summed E-state index contributed by atoms with van der Waals surface area (Å²) in [5.74, 6) is -1.30. The molecule has 0 spiro atoms. The Morgan fingerprint density at radius 3 is 2.76 bits per heavy atom. The number of fused-ring (bicyclic) bond motifs is 1. The van der Waals surface area contributed by atoms with Gasteiger partial charge in [0.15, 0.2) is 11.3 Å². The quantitative estimate of drug-likeness (QED) is 0.649. The van der Waals surface area contributed by atoms with E-state index in [9.17, 15) is 14.0 Å². The third kappa shape index (κ3) is 3.73. The number of rotatable bonds is 5. The number of aromatic nitrogens is 4. The number of thiazole rings is 1. The molecule has 29 heavy (non-hydrogen) atoms. The summed E-state index contributed by atoms with van der Waals surface area (Å²) in [6, 6.07) is 1.02. The molecule has 11 heteroatoms. The van der Waals surface area contributed by atoms with Gasteiger partial charge in [0, 0.05) is 19.3 Å². The monoisotopic (exact) mass is 415 g/mol. The van der Waals surface area contributed by atoms with Crippen LogP contribution < -0.4 is 11.1 Å². The van der Waals surface area contributed by atoms with Crippen molar-refractivity contribution >= 4 is 39.4 Å². The molecule has 150 valence electrons. The first kappa shape index (κ1) is 19.1. The van der Waals surface area contributed by atoms with Crippen LogP contribution in [0.2, 0.25) is 0 Å². The molecule has 3 aromatic heterocycles. The van der Waals surface area contributed by atoms with E-state index in [4.69, 9.17) is 5.73 Å². The van der Waals surface area contributed by atoms with Crippen LogP contribution in [0.15, 0.2) is 18.5 Å². The van der Waals surface area contributed by atoms with Crippen LogP contribution in [0.25, 0.3) is 10.3 Å². The second-order valence-corrected chi connectivity index (χ2v) is 8.10. The summed E-state index contributed by atoms with van der Waals surface area (Å²) in [7, 11) is 0. The lowest BCUT2D eigenvalue weighted by Crippen LogP contribution is -2.54. The molecule has 0 radical (unpaired) electrons. The van der Waals surface area contributed by atoms with E-state index in [-0.39, 0.29) is 42.6 Å². The maximum atomic E-state index is 13.5. The van der Waals surface area contributed by atoms with Crippen LogP contribution in [0.3, 0.4) is 0 Å². The van der Waals surface area contributed by atoms with Crippen LogP contribution in [-0.2, 0) is 4.79 Å². The highest BCUT2D eigenvalue weighted by molar-refractivity contribution is 7.18. The number of amides is 2. The van der Waals surface area contributed by atoms with Gasteiger partial charge >= 0.3 is 0 Å². The smallest absolute Gasteiger partial charge is 0.274 e. The normalized spacial score (nSPS) is 15.2. The van der Waals surface area contributed by atoms with Crippen molar-refractivity contribution in [2.24, 2.45) is 11.7 Å². The predicted molar refractivity (Wildman–Crippen MR) is 105 cm³/mol. The first-order valence-corrected chi connectivity index (χ1v) is 9.74. The minimum atomic E-state index is -0.444. The third-order valence-corrected chi connectivity index (χ3v) is 5.67. The molecule has 0 saturated carbocycles. The number of likely N-dealkylation sites (tertiary alicyclic amines) is 1. The van der Waals surface area contributed by atoms with Gasteiger partial charge in [-0.1, -0.05) is 0 Å². The van der Waals surface area contributed by atoms with Gasteiger partial charge in [-0.25, -0.2) is 14.4 Å². The molecule has 0 bridgehead atoms. The molecule has 9 nitrogen and oxygen atoms in total. The zero-order valence-corrected chi connectivity index (χ0v) is 16.5. The lowest BCUT2D eigenvalue weighted by Gasteiger charge is -2.37. The van der Waals surface area contributed by atoms with E-state index in [2.05, 4.69) is 25.3 Å². The number of aryl methyl sites for hydroxylation is 1. The van der Waals surface area contributed by atoms with Gasteiger partial charge in [-0.05, 0) is 25.5 Å². The molecular formula is C18H18FN7O2S. The summed E-state index contributed by atoms with van der Waals surface area (Å²) in [4.78, 5) is 42.7. The second-order valence-electron chi connectivity index (χ2n) is 6.89. The Bertz CT molecular complexity index is 1110. The summed E-state index contributed by atoms with van der Waals surface area (Å²) >= 11 is 1.33. The van der Waals surface area contributed by atoms with E-state index >= 15 is 0 Å². The van der Waals surface area contributed by atoms with Gasteiger partial charge in [-0.2, -0.15) is 4.98 Å². The van der Waals surface area contributed by atoms with Crippen molar-refractivity contribution in [2.45, 2.75) is 19.9 Å². The topological polar surface area (TPSA) is 127 Å². The summed E-state index contributed by atoms with van der Waals surface area (Å²) in [5.41, 5.74) is 6.52. The number of primary amides is 1. The fraction of sp³-hybridized carbons (Fsp3) is 0.333. The fourth-order valence-electron chi connectivity index (χ4n) is 3.05. The van der Waals surface area contributed by atoms with Crippen LogP contribution in [0.1, 0.15) is 34.0 Å². The number of pyridine rings is 1. The highest BCUT2D eigenvalue weighted by Crippen LogP contribution is 2.28. The Kier molecular flexibility index (Phi) is 4.82. The van der Waals surface area contributed by atoms with E-state index in [0.29, 0.717) is 15.9 Å². The van der Waals surface area contributed by atoms with E-state index in [0.717, 1.165) is 11.2 Å². The standard InChI is InChI=1S/C18H18FN7O2S/c1-8(10-3-12(19)5-21-4-10)22-18-24-13(14-16(25-18)23-9(2)29-14)17(28)26-6-11(7-26)15(20)27/h3-5,8,11H,6-7H2,1-2H3,(H2,20,27)(H,22,24,25)/t8-/m0/s1. The van der Waals surface area contributed by atoms with E-state index in [1.807, 2.05) is 13.8 Å². The van der Waals surface area contributed by atoms with Crippen LogP contribution in [0.5, 0.6) is 0 Å². The van der Waals surface area contributed by atoms with Gasteiger partial charge in [-0.3, -0.25) is 14.6 Å². The average molecular weight is 415 g/mol. The second kappa shape index (κ2) is 7.32. The molecule has 2 amide bonds. The summed E-state index contributed by atoms with van der Waals surface area (Å²) < 4.78 is 14.0. The fourth-order valence-corrected chi connectivity index (χ4v) is 3.89. The van der Waals surface area contributed by atoms with Crippen molar-refractivity contribution < 1.29 is 14.0 Å². The van der Waals surface area contributed by atoms with Gasteiger partial charge in [0.2, 0.25) is 11.9 Å². The lowest BCUT2D eigenvalue weighted by molar-refractivity contribution is -0.125. The minimum absolute atomic E-state index is 0.204. The molecule has 1 aliphatic heterocycles. The van der Waals surface area contributed by atoms with Crippen molar-refractivity contribution in [3.05, 3.63) is 40.5 Å². The first-order valence-electron chi connectivity index (χ1n) is 8.92. The number of anilines is 1. The number of carbonyl (C=O) groups is 2. The van der Waals surface area contributed by atoms with E-state index < -0.39 is 11.7 Å². The molecule has 1 fully saturated rings. The van der Waals surface area contributed by atoms with Crippen LogP contribution in [0.4, 0.5) is 10.3 Å². The van der Waals surface area contributed by atoms with E-state index in [1.165, 1.54) is 22.3 Å². The molecule has 0 unspecified atom stereocenters. The Balaban J connectivity index is 1.64. The molecule has 3 aromatic rings. The SMILES string of the molecule is Cc1nc2nc(N[C@@H](C)c3cncc(F)c3)nc(C(=O)N3CC(C(N)=O)C3)c2s1. The van der Waals surface area contributed by atoms with Gasteiger partial charge < -0.3 is 16.0 Å². The van der Waals surface area contributed by atoms with Gasteiger partial charge in [0.1, 0.15) is 10.5 Å². The molecule has 1 aliphatic rings. The first-order chi connectivity index (χ1) is 13.8. The van der Waals surface area contributed by atoms with Gasteiger partial charge in [-0.15, -0.1) is 11.3 Å². The average Bonchev–Trinajstić information content (AvgIpc) is 2.99. The van der Waals surface area contributed by atoms with Crippen molar-refractivity contribution in [2.75, 3.05) is 18.4 Å². The summed E-state index contributed by atoms with van der Waals surface area (Å²) in [6.45, 7) is 4.17. The molecule has 0 aromatic carbocycles. The summed E-state index contributed by atoms with van der Waals surface area (Å²) in [6.07, 6.45) is 2.67. The lowest BCUT2D eigenvalue weighted by atomic mass is 9.99. The number of nitrogens with two attached hydrogens (primary N) is 1. The van der Waals surface area contributed by atoms with Crippen LogP contribution in [-0.4, -0.2) is 49.7 Å². The molecule has 1 saturated heterocycles. The molecule has 3 N–H and O–H groups in total. The molecular weight excluding hydrogens is 397 g/mol. The minimum Gasteiger partial charge on any atom is -0.369 e. The molecule has 4 rings (SSSR count). The van der Waals surface area contributed by atoms with Crippen molar-refractivity contribution in [1.82, 2.24) is 24.8 Å². The Morgan fingerprint density at radius 2 is 2.07 bits per heavy atom. The molecule has 1 atom stereocenters. The highest BCUT2D eigenvalue weighted by atomic mass is 32.1. The number of hydrogen-bond acceptors (Lipinski definition) is 8. The zero-order chi connectivity index (χ0) is 20.7. The molecule has 0 aliphatic carbocycles. The van der Waals surface area contributed by atoms with Gasteiger partial charge in [0.25, 0.3) is 5.91 Å². The van der Waals surface area contributed by atoms with Crippen molar-refractivity contribution in [3.63, 3.8) is 0 Å². The number of carbonyl (C=O) groups excluding carboxylic acids is 2. The Labute approximate surface area is 169 Å². The predicted octanol–water partition coefficient (Wildman–Crippen LogP) is 1.66. The van der Waals surface area contributed by atoms with Crippen molar-refractivity contribution in [1.29, 1.82) is 0 Å². The maximum Gasteiger partial charge on any atom is 0.274 e. The van der Waals surface area contributed by atoms with E-state index in [1.54, 1.807) is 6.20 Å². The van der Waals surface area contributed by atoms with Crippen molar-refractivity contribution in [3.8, 4) is 0 Å². The number of halogens is 1. The largest absolute Gasteiger partial charge is 0.369 e. The van der Waals surface area contributed by atoms with Crippen LogP contribution in [0, 0.1) is 18.7 Å². The zero-order valence-electron chi connectivity index (χ0n) is 15.7. The maximum absolute atomic E-state index is 13.5. The summed E-state index contributed by atoms with van der Waals surface area (Å²) in [5, 5.41) is 3.83. The number of hydrogen-bond donors (Lipinski definition) is 2. The number of nitrogens with zero attached hydrogens (tertiary/aromatic N) is 5.